The Morgan fingerprint density at radius 2 is 1.88 bits per heavy atom. The predicted molar refractivity (Wildman–Crippen MR) is 87.7 cm³/mol. The molecule has 6 nitrogen and oxygen atoms in total. The van der Waals surface area contributed by atoms with Crippen LogP contribution in [0, 0.1) is 18.3 Å². The van der Waals surface area contributed by atoms with E-state index in [0.717, 1.165) is 0 Å². The molecule has 0 atom stereocenters. The Morgan fingerprint density at radius 1 is 1.21 bits per heavy atom. The van der Waals surface area contributed by atoms with Crippen LogP contribution in [-0.4, -0.2) is 19.5 Å². The van der Waals surface area contributed by atoms with Gasteiger partial charge in [-0.1, -0.05) is 24.3 Å². The van der Waals surface area contributed by atoms with Crippen LogP contribution in [0.1, 0.15) is 22.3 Å². The maximum absolute atomic E-state index is 12.4. The summed E-state index contributed by atoms with van der Waals surface area (Å²) in [5.74, 6) is -0.979. The Balaban J connectivity index is 2.21. The minimum absolute atomic E-state index is 0.00909. The molecule has 124 valence electrons. The summed E-state index contributed by atoms with van der Waals surface area (Å²) in [5.41, 5.74) is 2.16. The second-order valence-electron chi connectivity index (χ2n) is 5.25. The summed E-state index contributed by atoms with van der Waals surface area (Å²) in [5, 5.41) is 17.8. The minimum Gasteiger partial charge on any atom is -0.481 e. The van der Waals surface area contributed by atoms with Gasteiger partial charge in [0.15, 0.2) is 0 Å². The van der Waals surface area contributed by atoms with Gasteiger partial charge >= 0.3 is 5.97 Å². The van der Waals surface area contributed by atoms with E-state index in [2.05, 4.69) is 4.72 Å². The highest BCUT2D eigenvalue weighted by Crippen LogP contribution is 2.16. The number of aliphatic carboxylic acids is 1. The van der Waals surface area contributed by atoms with Gasteiger partial charge in [-0.3, -0.25) is 4.79 Å². The van der Waals surface area contributed by atoms with Gasteiger partial charge in [0, 0.05) is 6.54 Å². The van der Waals surface area contributed by atoms with Crippen LogP contribution >= 0.6 is 0 Å². The highest BCUT2D eigenvalue weighted by molar-refractivity contribution is 7.89. The summed E-state index contributed by atoms with van der Waals surface area (Å²) in [7, 11) is -3.76. The number of nitrogens with zero attached hydrogens (tertiary/aromatic N) is 1. The van der Waals surface area contributed by atoms with Crippen LogP contribution in [-0.2, 0) is 27.8 Å². The summed E-state index contributed by atoms with van der Waals surface area (Å²) >= 11 is 0. The van der Waals surface area contributed by atoms with Crippen molar-refractivity contribution in [1.82, 2.24) is 4.72 Å². The molecule has 2 rings (SSSR count). The van der Waals surface area contributed by atoms with Crippen molar-refractivity contribution in [2.75, 3.05) is 0 Å². The highest BCUT2D eigenvalue weighted by atomic mass is 32.2. The molecule has 0 radical (unpaired) electrons. The molecule has 0 bridgehead atoms. The molecule has 0 aromatic heterocycles. The maximum Gasteiger partial charge on any atom is 0.307 e. The number of hydrogen-bond donors (Lipinski definition) is 2. The smallest absolute Gasteiger partial charge is 0.307 e. The molecule has 24 heavy (non-hydrogen) atoms. The fraction of sp³-hybridized carbons (Fsp3) is 0.176. The first-order valence-electron chi connectivity index (χ1n) is 7.12. The molecule has 0 aliphatic heterocycles. The summed E-state index contributed by atoms with van der Waals surface area (Å²) < 4.78 is 27.2. The van der Waals surface area contributed by atoms with Gasteiger partial charge in [0.1, 0.15) is 0 Å². The molecule has 2 N–H and O–H groups in total. The number of carbonyl (C=O) groups is 1. The van der Waals surface area contributed by atoms with E-state index < -0.39 is 16.0 Å². The number of benzene rings is 2. The van der Waals surface area contributed by atoms with Crippen LogP contribution < -0.4 is 4.72 Å². The standard InChI is InChI=1S/C17H16N2O4S/c1-12-8-16(7-6-14(12)10-18)24(22,23)19-11-15-5-3-2-4-13(15)9-17(20)21/h2-8,19H,9,11H2,1H3,(H,20,21). The molecule has 0 fully saturated rings. The molecule has 0 amide bonds. The number of nitrogens with one attached hydrogen (secondary N) is 1. The molecule has 0 spiro atoms. The molecule has 0 aliphatic carbocycles. The number of nitriles is 1. The third-order valence-corrected chi connectivity index (χ3v) is 4.94. The van der Waals surface area contributed by atoms with E-state index in [9.17, 15) is 13.2 Å². The Hall–Kier alpha value is -2.69. The number of sulfonamides is 1. The summed E-state index contributed by atoms with van der Waals surface area (Å²) in [4.78, 5) is 10.9. The van der Waals surface area contributed by atoms with Crippen LogP contribution in [0.4, 0.5) is 0 Å². The maximum atomic E-state index is 12.4. The van der Waals surface area contributed by atoms with Crippen LogP contribution in [0.5, 0.6) is 0 Å². The number of rotatable bonds is 6. The zero-order chi connectivity index (χ0) is 17.7. The van der Waals surface area contributed by atoms with Crippen molar-refractivity contribution in [3.63, 3.8) is 0 Å². The van der Waals surface area contributed by atoms with Gasteiger partial charge in [-0.15, -0.1) is 0 Å². The lowest BCUT2D eigenvalue weighted by Crippen LogP contribution is -2.24. The summed E-state index contributed by atoms with van der Waals surface area (Å²) in [6, 6.07) is 13.0. The fourth-order valence-corrected chi connectivity index (χ4v) is 3.34. The third-order valence-electron chi connectivity index (χ3n) is 3.54. The zero-order valence-electron chi connectivity index (χ0n) is 13.0. The molecule has 7 heteroatoms. The lowest BCUT2D eigenvalue weighted by molar-refractivity contribution is -0.136. The Kier molecular flexibility index (Phi) is 5.34. The van der Waals surface area contributed by atoms with Crippen molar-refractivity contribution < 1.29 is 18.3 Å². The highest BCUT2D eigenvalue weighted by Gasteiger charge is 2.16. The van der Waals surface area contributed by atoms with E-state index in [-0.39, 0.29) is 17.9 Å². The molecule has 0 aliphatic rings. The van der Waals surface area contributed by atoms with Crippen LogP contribution in [0.15, 0.2) is 47.4 Å². The number of aryl methyl sites for hydroxylation is 1. The predicted octanol–water partition coefficient (Wildman–Crippen LogP) is 1.97. The summed E-state index contributed by atoms with van der Waals surface area (Å²) in [6.07, 6.45) is -0.173. The van der Waals surface area contributed by atoms with Gasteiger partial charge < -0.3 is 5.11 Å². The molecule has 2 aromatic rings. The second-order valence-corrected chi connectivity index (χ2v) is 7.02. The average molecular weight is 344 g/mol. The van der Waals surface area contributed by atoms with Gasteiger partial charge in [-0.25, -0.2) is 13.1 Å². The third kappa shape index (κ3) is 4.19. The lowest BCUT2D eigenvalue weighted by Gasteiger charge is -2.11. The lowest BCUT2D eigenvalue weighted by atomic mass is 10.1. The first-order valence-corrected chi connectivity index (χ1v) is 8.61. The molecule has 2 aromatic carbocycles. The van der Waals surface area contributed by atoms with Gasteiger partial charge in [-0.2, -0.15) is 5.26 Å². The van der Waals surface area contributed by atoms with Crippen molar-refractivity contribution in [3.05, 3.63) is 64.7 Å². The Bertz CT molecular complexity index is 914. The first kappa shape index (κ1) is 17.7. The molecular weight excluding hydrogens is 328 g/mol. The number of carboxylic acids is 1. The van der Waals surface area contributed by atoms with Gasteiger partial charge in [0.25, 0.3) is 0 Å². The zero-order valence-corrected chi connectivity index (χ0v) is 13.8. The largest absolute Gasteiger partial charge is 0.481 e. The van der Waals surface area contributed by atoms with Crippen molar-refractivity contribution in [3.8, 4) is 6.07 Å². The molecule has 0 unspecified atom stereocenters. The van der Waals surface area contributed by atoms with E-state index in [0.29, 0.717) is 22.3 Å². The average Bonchev–Trinajstić information content (AvgIpc) is 2.53. The van der Waals surface area contributed by atoms with Crippen molar-refractivity contribution >= 4 is 16.0 Å². The van der Waals surface area contributed by atoms with E-state index in [1.807, 2.05) is 6.07 Å². The molecular formula is C17H16N2O4S. The molecule has 0 saturated carbocycles. The first-order chi connectivity index (χ1) is 11.3. The molecule has 0 heterocycles. The van der Waals surface area contributed by atoms with Crippen molar-refractivity contribution in [1.29, 1.82) is 5.26 Å². The van der Waals surface area contributed by atoms with Crippen LogP contribution in [0.25, 0.3) is 0 Å². The van der Waals surface area contributed by atoms with Crippen LogP contribution in [0.2, 0.25) is 0 Å². The van der Waals surface area contributed by atoms with E-state index >= 15 is 0 Å². The van der Waals surface area contributed by atoms with Crippen LogP contribution in [0.3, 0.4) is 0 Å². The number of hydrogen-bond acceptors (Lipinski definition) is 4. The second kappa shape index (κ2) is 7.25. The molecule has 0 saturated heterocycles. The number of carboxylic acid groups (broad SMARTS) is 1. The van der Waals surface area contributed by atoms with E-state index in [4.69, 9.17) is 10.4 Å². The monoisotopic (exact) mass is 344 g/mol. The van der Waals surface area contributed by atoms with Gasteiger partial charge in [0.05, 0.1) is 22.9 Å². The fourth-order valence-electron chi connectivity index (χ4n) is 2.25. The summed E-state index contributed by atoms with van der Waals surface area (Å²) in [6.45, 7) is 1.66. The minimum atomic E-state index is -3.76. The van der Waals surface area contributed by atoms with E-state index in [1.165, 1.54) is 18.2 Å². The SMILES string of the molecule is Cc1cc(S(=O)(=O)NCc2ccccc2CC(=O)O)ccc1C#N. The normalized spacial score (nSPS) is 11.0. The topological polar surface area (TPSA) is 107 Å². The Morgan fingerprint density at radius 3 is 2.46 bits per heavy atom. The quantitative estimate of drug-likeness (QED) is 0.833. The van der Waals surface area contributed by atoms with Crippen molar-refractivity contribution in [2.24, 2.45) is 0 Å². The van der Waals surface area contributed by atoms with Crippen molar-refractivity contribution in [2.45, 2.75) is 24.8 Å². The van der Waals surface area contributed by atoms with E-state index in [1.54, 1.807) is 31.2 Å². The Labute approximate surface area is 140 Å². The van der Waals surface area contributed by atoms with Gasteiger partial charge in [0.2, 0.25) is 10.0 Å². The van der Waals surface area contributed by atoms with Gasteiger partial charge in [-0.05, 0) is 41.8 Å².